The van der Waals surface area contributed by atoms with E-state index in [1.165, 1.54) is 17.2 Å². The van der Waals surface area contributed by atoms with E-state index in [1.807, 2.05) is 30.3 Å². The number of imidazole rings is 1. The minimum atomic E-state index is -0.853. The summed E-state index contributed by atoms with van der Waals surface area (Å²) in [5.41, 5.74) is 7.35. The van der Waals surface area contributed by atoms with Crippen LogP contribution in [0.15, 0.2) is 41.7 Å². The van der Waals surface area contributed by atoms with Crippen LogP contribution < -0.4 is 5.73 Å². The zero-order valence-corrected chi connectivity index (χ0v) is 14.2. The Balaban J connectivity index is 1.67. The van der Waals surface area contributed by atoms with E-state index in [0.717, 1.165) is 10.5 Å². The molecule has 9 heteroatoms. The molecule has 26 heavy (non-hydrogen) atoms. The standard InChI is InChI=1S/C17H19N5O4/c1-2-25-13(23)8-21-10-19-14-15(18)22(11-20-16(14)21)17(24)26-9-12-6-4-3-5-7-12/h3-7,10-11,15H,2,8-9,18H2,1H3. The Labute approximate surface area is 150 Å². The molecule has 1 aliphatic heterocycles. The maximum absolute atomic E-state index is 12.3. The number of aliphatic imine (C=N–C) groups is 1. The molecule has 1 atom stereocenters. The van der Waals surface area contributed by atoms with Gasteiger partial charge in [0.2, 0.25) is 0 Å². The lowest BCUT2D eigenvalue weighted by Gasteiger charge is -2.26. The molecule has 9 nitrogen and oxygen atoms in total. The smallest absolute Gasteiger partial charge is 0.417 e. The van der Waals surface area contributed by atoms with Gasteiger partial charge in [0.25, 0.3) is 0 Å². The quantitative estimate of drug-likeness (QED) is 0.815. The summed E-state index contributed by atoms with van der Waals surface area (Å²) in [7, 11) is 0. The maximum Gasteiger partial charge on any atom is 0.417 e. The first-order valence-corrected chi connectivity index (χ1v) is 8.09. The molecule has 3 rings (SSSR count). The van der Waals surface area contributed by atoms with Crippen molar-refractivity contribution in [3.8, 4) is 0 Å². The minimum absolute atomic E-state index is 0.0291. The second-order valence-electron chi connectivity index (χ2n) is 5.52. The number of carbonyl (C=O) groups is 2. The number of rotatable bonds is 5. The molecule has 0 spiro atoms. The van der Waals surface area contributed by atoms with Crippen LogP contribution in [0.4, 0.5) is 10.6 Å². The number of nitrogens with zero attached hydrogens (tertiary/aromatic N) is 4. The Hall–Kier alpha value is -3.20. The zero-order chi connectivity index (χ0) is 18.5. The lowest BCUT2D eigenvalue weighted by molar-refractivity contribution is -0.143. The Bertz CT molecular complexity index is 818. The van der Waals surface area contributed by atoms with Gasteiger partial charge in [-0.15, -0.1) is 0 Å². The third-order valence-corrected chi connectivity index (χ3v) is 3.74. The molecule has 2 aromatic rings. The summed E-state index contributed by atoms with van der Waals surface area (Å²) in [6, 6.07) is 9.31. The normalized spacial score (nSPS) is 15.5. The topological polar surface area (TPSA) is 112 Å². The van der Waals surface area contributed by atoms with Crippen molar-refractivity contribution in [2.24, 2.45) is 10.7 Å². The first-order chi connectivity index (χ1) is 12.6. The highest BCUT2D eigenvalue weighted by Gasteiger charge is 2.31. The van der Waals surface area contributed by atoms with Crippen molar-refractivity contribution in [1.82, 2.24) is 14.5 Å². The summed E-state index contributed by atoms with van der Waals surface area (Å²) in [6.45, 7) is 2.12. The van der Waals surface area contributed by atoms with Crippen LogP contribution in [0, 0.1) is 0 Å². The van der Waals surface area contributed by atoms with Crippen molar-refractivity contribution in [3.05, 3.63) is 47.9 Å². The number of nitrogens with two attached hydrogens (primary N) is 1. The van der Waals surface area contributed by atoms with Crippen molar-refractivity contribution in [1.29, 1.82) is 0 Å². The lowest BCUT2D eigenvalue weighted by atomic mass is 10.2. The summed E-state index contributed by atoms with van der Waals surface area (Å²) in [5.74, 6) is 0.0128. The van der Waals surface area contributed by atoms with E-state index in [2.05, 4.69) is 9.98 Å². The van der Waals surface area contributed by atoms with Crippen LogP contribution in [-0.2, 0) is 27.4 Å². The van der Waals surface area contributed by atoms with Gasteiger partial charge < -0.3 is 19.8 Å². The van der Waals surface area contributed by atoms with E-state index in [1.54, 1.807) is 6.92 Å². The van der Waals surface area contributed by atoms with Gasteiger partial charge >= 0.3 is 12.1 Å². The molecule has 1 aliphatic rings. The molecule has 0 fully saturated rings. The molecule has 1 unspecified atom stereocenters. The van der Waals surface area contributed by atoms with Crippen LogP contribution in [0.3, 0.4) is 0 Å². The van der Waals surface area contributed by atoms with Crippen LogP contribution >= 0.6 is 0 Å². The van der Waals surface area contributed by atoms with Gasteiger partial charge in [-0.2, -0.15) is 0 Å². The zero-order valence-electron chi connectivity index (χ0n) is 14.2. The SMILES string of the molecule is CCOC(=O)Cn1cnc2c1N=CN(C(=O)OCc1ccccc1)C2N. The fourth-order valence-corrected chi connectivity index (χ4v) is 2.48. The van der Waals surface area contributed by atoms with Gasteiger partial charge in [0.15, 0.2) is 5.82 Å². The fourth-order valence-electron chi connectivity index (χ4n) is 2.48. The largest absolute Gasteiger partial charge is 0.465 e. The summed E-state index contributed by atoms with van der Waals surface area (Å²) in [4.78, 5) is 33.4. The predicted molar refractivity (Wildman–Crippen MR) is 92.4 cm³/mol. The van der Waals surface area contributed by atoms with E-state index in [9.17, 15) is 9.59 Å². The molecule has 0 bridgehead atoms. The molecule has 1 aromatic carbocycles. The molecule has 1 aromatic heterocycles. The van der Waals surface area contributed by atoms with Crippen molar-refractivity contribution < 1.29 is 19.1 Å². The average molecular weight is 357 g/mol. The molecule has 2 heterocycles. The number of hydrogen-bond acceptors (Lipinski definition) is 7. The highest BCUT2D eigenvalue weighted by atomic mass is 16.6. The molecule has 0 radical (unpaired) electrons. The number of aromatic nitrogens is 2. The van der Waals surface area contributed by atoms with Crippen LogP contribution in [-0.4, -0.2) is 39.5 Å². The molecular weight excluding hydrogens is 338 g/mol. The number of hydrogen-bond donors (Lipinski definition) is 1. The van der Waals surface area contributed by atoms with E-state index in [0.29, 0.717) is 18.1 Å². The Morgan fingerprint density at radius 3 is 2.73 bits per heavy atom. The van der Waals surface area contributed by atoms with Crippen LogP contribution in [0.25, 0.3) is 0 Å². The first-order valence-electron chi connectivity index (χ1n) is 8.09. The number of esters is 1. The summed E-state index contributed by atoms with van der Waals surface area (Å²) in [5, 5.41) is 0. The third-order valence-electron chi connectivity index (χ3n) is 3.74. The summed E-state index contributed by atoms with van der Waals surface area (Å²) in [6.07, 6.45) is 1.24. The first kappa shape index (κ1) is 17.6. The maximum atomic E-state index is 12.3. The molecule has 0 aliphatic carbocycles. The molecule has 136 valence electrons. The predicted octanol–water partition coefficient (Wildman–Crippen LogP) is 1.72. The Morgan fingerprint density at radius 1 is 1.23 bits per heavy atom. The number of carbonyl (C=O) groups excluding carboxylic acids is 2. The van der Waals surface area contributed by atoms with Gasteiger partial charge in [0, 0.05) is 0 Å². The summed E-state index contributed by atoms with van der Waals surface area (Å²) >= 11 is 0. The average Bonchev–Trinajstić information content (AvgIpc) is 3.05. The molecule has 0 saturated carbocycles. The van der Waals surface area contributed by atoms with E-state index >= 15 is 0 Å². The number of benzene rings is 1. The molecule has 0 saturated heterocycles. The van der Waals surface area contributed by atoms with Crippen molar-refractivity contribution >= 4 is 24.2 Å². The number of amides is 1. The van der Waals surface area contributed by atoms with Crippen LogP contribution in [0.5, 0.6) is 0 Å². The van der Waals surface area contributed by atoms with E-state index < -0.39 is 18.2 Å². The highest BCUT2D eigenvalue weighted by Crippen LogP contribution is 2.29. The van der Waals surface area contributed by atoms with Gasteiger partial charge in [-0.1, -0.05) is 30.3 Å². The van der Waals surface area contributed by atoms with Gasteiger partial charge in [-0.3, -0.25) is 4.79 Å². The fraction of sp³-hybridized carbons (Fsp3) is 0.294. The van der Waals surface area contributed by atoms with E-state index in [-0.39, 0.29) is 13.2 Å². The van der Waals surface area contributed by atoms with Crippen LogP contribution in [0.2, 0.25) is 0 Å². The third kappa shape index (κ3) is 3.72. The van der Waals surface area contributed by atoms with Gasteiger partial charge in [-0.05, 0) is 12.5 Å². The van der Waals surface area contributed by atoms with E-state index in [4.69, 9.17) is 15.2 Å². The van der Waals surface area contributed by atoms with Gasteiger partial charge in [-0.25, -0.2) is 19.7 Å². The van der Waals surface area contributed by atoms with Gasteiger partial charge in [0.05, 0.1) is 12.9 Å². The second kappa shape index (κ2) is 7.79. The van der Waals surface area contributed by atoms with Crippen molar-refractivity contribution in [2.75, 3.05) is 6.61 Å². The van der Waals surface area contributed by atoms with Crippen LogP contribution in [0.1, 0.15) is 24.3 Å². The Morgan fingerprint density at radius 2 is 2.00 bits per heavy atom. The molecular formula is C17H19N5O4. The monoisotopic (exact) mass is 357 g/mol. The van der Waals surface area contributed by atoms with Crippen molar-refractivity contribution in [2.45, 2.75) is 26.2 Å². The van der Waals surface area contributed by atoms with Gasteiger partial charge in [0.1, 0.15) is 31.3 Å². The molecule has 1 amide bonds. The number of ether oxygens (including phenoxy) is 2. The molecule has 2 N–H and O–H groups in total. The number of fused-ring (bicyclic) bond motifs is 1. The Kier molecular flexibility index (Phi) is 5.28. The highest BCUT2D eigenvalue weighted by molar-refractivity contribution is 5.85. The lowest BCUT2D eigenvalue weighted by Crippen LogP contribution is -2.40. The minimum Gasteiger partial charge on any atom is -0.465 e. The summed E-state index contributed by atoms with van der Waals surface area (Å²) < 4.78 is 11.7. The van der Waals surface area contributed by atoms with Crippen molar-refractivity contribution in [3.63, 3.8) is 0 Å². The second-order valence-corrected chi connectivity index (χ2v) is 5.52.